The molecule has 0 bridgehead atoms. The zero-order valence-corrected chi connectivity index (χ0v) is 25.0. The standard InChI is InChI=1S/C28H36N6O7S/c1-18-13-34(19(2)16-35)27(36)22-7-6-8-23(31-28(37)30-20-9-11-21(40-5)12-10-20)26(22)41-24(18)14-33(4)42(38,39)25-15-32(3)17-29-25/h6-12,15,17-19,24,35H,13-14,16H2,1-5H3,(H2,30,31,37)/t18-,19+,24-/m0/s1. The van der Waals surface area contributed by atoms with Crippen LogP contribution in [0, 0.1) is 5.92 Å². The molecule has 13 nitrogen and oxygen atoms in total. The van der Waals surface area contributed by atoms with Crippen molar-refractivity contribution in [3.63, 3.8) is 0 Å². The first-order valence-electron chi connectivity index (χ1n) is 13.3. The van der Waals surface area contributed by atoms with Crippen LogP contribution < -0.4 is 20.1 Å². The highest BCUT2D eigenvalue weighted by atomic mass is 32.2. The number of nitrogens with zero attached hydrogens (tertiary/aromatic N) is 4. The molecular formula is C28H36N6O7S. The number of ether oxygens (including phenoxy) is 2. The van der Waals surface area contributed by atoms with Crippen molar-refractivity contribution in [2.75, 3.05) is 44.5 Å². The van der Waals surface area contributed by atoms with E-state index in [4.69, 9.17) is 9.47 Å². The number of likely N-dealkylation sites (N-methyl/N-ethyl adjacent to an activating group) is 1. The number of nitrogens with one attached hydrogen (secondary N) is 2. The number of anilines is 2. The molecule has 4 rings (SSSR count). The zero-order chi connectivity index (χ0) is 30.6. The molecule has 2 aromatic carbocycles. The van der Waals surface area contributed by atoms with Crippen molar-refractivity contribution in [1.29, 1.82) is 0 Å². The van der Waals surface area contributed by atoms with Crippen molar-refractivity contribution in [2.24, 2.45) is 13.0 Å². The predicted octanol–water partition coefficient (Wildman–Crippen LogP) is 2.61. The molecule has 14 heteroatoms. The third kappa shape index (κ3) is 6.66. The van der Waals surface area contributed by atoms with E-state index in [0.717, 1.165) is 4.31 Å². The molecule has 226 valence electrons. The fourth-order valence-corrected chi connectivity index (χ4v) is 5.69. The Labute approximate surface area is 245 Å². The van der Waals surface area contributed by atoms with Gasteiger partial charge in [-0.1, -0.05) is 13.0 Å². The molecule has 0 saturated heterocycles. The number of fused-ring (bicyclic) bond motifs is 1. The van der Waals surface area contributed by atoms with Crippen LogP contribution in [0.1, 0.15) is 24.2 Å². The minimum Gasteiger partial charge on any atom is -0.497 e. The molecule has 0 aliphatic carbocycles. The van der Waals surface area contributed by atoms with E-state index >= 15 is 0 Å². The Bertz CT molecular complexity index is 1530. The lowest BCUT2D eigenvalue weighted by Gasteiger charge is -2.38. The summed E-state index contributed by atoms with van der Waals surface area (Å²) in [5.41, 5.74) is 0.905. The number of aliphatic hydroxyl groups is 1. The second-order valence-corrected chi connectivity index (χ2v) is 12.3. The molecule has 0 spiro atoms. The molecule has 0 radical (unpaired) electrons. The van der Waals surface area contributed by atoms with Crippen LogP contribution in [0.25, 0.3) is 0 Å². The van der Waals surface area contributed by atoms with Crippen LogP contribution in [0.2, 0.25) is 0 Å². The average Bonchev–Trinajstić information content (AvgIpc) is 3.42. The maximum Gasteiger partial charge on any atom is 0.323 e. The number of imidazole rings is 1. The smallest absolute Gasteiger partial charge is 0.323 e. The Morgan fingerprint density at radius 1 is 1.24 bits per heavy atom. The molecule has 42 heavy (non-hydrogen) atoms. The first kappa shape index (κ1) is 30.8. The van der Waals surface area contributed by atoms with E-state index in [0.29, 0.717) is 11.4 Å². The van der Waals surface area contributed by atoms with Gasteiger partial charge in [-0.3, -0.25) is 4.79 Å². The maximum absolute atomic E-state index is 13.7. The van der Waals surface area contributed by atoms with Gasteiger partial charge in [0.05, 0.1) is 43.9 Å². The van der Waals surface area contributed by atoms with Crippen LogP contribution in [-0.4, -0.2) is 90.2 Å². The Kier molecular flexibility index (Phi) is 9.39. The summed E-state index contributed by atoms with van der Waals surface area (Å²) in [6, 6.07) is 10.4. The molecule has 1 aromatic heterocycles. The number of hydrogen-bond acceptors (Lipinski definition) is 8. The molecule has 0 fully saturated rings. The van der Waals surface area contributed by atoms with E-state index in [1.807, 2.05) is 6.92 Å². The van der Waals surface area contributed by atoms with Gasteiger partial charge >= 0.3 is 6.03 Å². The molecular weight excluding hydrogens is 564 g/mol. The van der Waals surface area contributed by atoms with Gasteiger partial charge in [0.25, 0.3) is 15.9 Å². The van der Waals surface area contributed by atoms with Crippen molar-refractivity contribution < 1.29 is 32.6 Å². The second kappa shape index (κ2) is 12.8. The SMILES string of the molecule is COc1ccc(NC(=O)Nc2cccc3c2O[C@@H](CN(C)S(=O)(=O)c2cn(C)cn2)[C@@H](C)CN([C@H](C)CO)C3=O)cc1. The van der Waals surface area contributed by atoms with Gasteiger partial charge in [0.1, 0.15) is 11.9 Å². The number of aliphatic hydroxyl groups excluding tert-OH is 1. The summed E-state index contributed by atoms with van der Waals surface area (Å²) in [5.74, 6) is -0.0129. The largest absolute Gasteiger partial charge is 0.497 e. The van der Waals surface area contributed by atoms with Crippen molar-refractivity contribution in [3.05, 3.63) is 60.6 Å². The van der Waals surface area contributed by atoms with Crippen molar-refractivity contribution >= 4 is 33.3 Å². The van der Waals surface area contributed by atoms with Gasteiger partial charge in [0.2, 0.25) is 0 Å². The number of aromatic nitrogens is 2. The predicted molar refractivity (Wildman–Crippen MR) is 156 cm³/mol. The highest BCUT2D eigenvalue weighted by Gasteiger charge is 2.36. The number of carbonyl (C=O) groups is 2. The van der Waals surface area contributed by atoms with Gasteiger partial charge in [-0.2, -0.15) is 4.31 Å². The molecule has 0 unspecified atom stereocenters. The fraction of sp³-hybridized carbons (Fsp3) is 0.393. The lowest BCUT2D eigenvalue weighted by Crippen LogP contribution is -2.50. The van der Waals surface area contributed by atoms with Crippen molar-refractivity contribution in [2.45, 2.75) is 31.0 Å². The number of rotatable bonds is 9. The minimum atomic E-state index is -3.94. The zero-order valence-electron chi connectivity index (χ0n) is 24.1. The lowest BCUT2D eigenvalue weighted by molar-refractivity contribution is 0.0389. The second-order valence-electron chi connectivity index (χ2n) is 10.3. The molecule has 3 amide bonds. The lowest BCUT2D eigenvalue weighted by atomic mass is 9.99. The van der Waals surface area contributed by atoms with Gasteiger partial charge in [-0.05, 0) is 43.3 Å². The topological polar surface area (TPSA) is 155 Å². The Hall–Kier alpha value is -4.14. The Morgan fingerprint density at radius 3 is 2.57 bits per heavy atom. The number of methoxy groups -OCH3 is 1. The molecule has 1 aliphatic heterocycles. The van der Waals surface area contributed by atoms with Gasteiger partial charge in [-0.25, -0.2) is 18.2 Å². The first-order valence-corrected chi connectivity index (χ1v) is 14.8. The van der Waals surface area contributed by atoms with E-state index in [2.05, 4.69) is 15.6 Å². The molecule has 3 atom stereocenters. The number of para-hydroxylation sites is 1. The summed E-state index contributed by atoms with van der Waals surface area (Å²) in [5, 5.41) is 15.3. The van der Waals surface area contributed by atoms with Crippen LogP contribution in [0.15, 0.2) is 60.0 Å². The quantitative estimate of drug-likeness (QED) is 0.339. The third-order valence-corrected chi connectivity index (χ3v) is 8.79. The maximum atomic E-state index is 13.7. The molecule has 3 aromatic rings. The van der Waals surface area contributed by atoms with Crippen LogP contribution in [0.5, 0.6) is 11.5 Å². The Balaban J connectivity index is 1.67. The highest BCUT2D eigenvalue weighted by molar-refractivity contribution is 7.89. The van der Waals surface area contributed by atoms with Crippen LogP contribution in [0.3, 0.4) is 0 Å². The third-order valence-electron chi connectivity index (χ3n) is 7.08. The van der Waals surface area contributed by atoms with Gasteiger partial charge in [0.15, 0.2) is 10.8 Å². The summed E-state index contributed by atoms with van der Waals surface area (Å²) in [6.45, 7) is 3.44. The number of carbonyl (C=O) groups excluding carboxylic acids is 2. The number of amides is 3. The number of hydrogen-bond donors (Lipinski definition) is 3. The summed E-state index contributed by atoms with van der Waals surface area (Å²) >= 11 is 0. The number of urea groups is 1. The number of aryl methyl sites for hydroxylation is 1. The van der Waals surface area contributed by atoms with Gasteiger partial charge in [-0.15, -0.1) is 0 Å². The molecule has 2 heterocycles. The van der Waals surface area contributed by atoms with Crippen molar-refractivity contribution in [1.82, 2.24) is 18.8 Å². The highest BCUT2D eigenvalue weighted by Crippen LogP contribution is 2.35. The van der Waals surface area contributed by atoms with E-state index in [1.54, 1.807) is 68.1 Å². The fourth-order valence-electron chi connectivity index (χ4n) is 4.55. The van der Waals surface area contributed by atoms with Crippen molar-refractivity contribution in [3.8, 4) is 11.5 Å². The van der Waals surface area contributed by atoms with Gasteiger partial charge in [0, 0.05) is 38.4 Å². The molecule has 1 aliphatic rings. The van der Waals surface area contributed by atoms with E-state index in [-0.39, 0.29) is 53.5 Å². The monoisotopic (exact) mass is 600 g/mol. The van der Waals surface area contributed by atoms with Gasteiger partial charge < -0.3 is 34.7 Å². The first-order chi connectivity index (χ1) is 19.9. The summed E-state index contributed by atoms with van der Waals surface area (Å²) in [4.78, 5) is 32.2. The van der Waals surface area contributed by atoms with E-state index in [1.165, 1.54) is 24.5 Å². The van der Waals surface area contributed by atoms with Crippen LogP contribution in [0.4, 0.5) is 16.2 Å². The average molecular weight is 601 g/mol. The molecule has 0 saturated carbocycles. The van der Waals surface area contributed by atoms with Crippen LogP contribution in [-0.2, 0) is 17.1 Å². The minimum absolute atomic E-state index is 0.0680. The Morgan fingerprint density at radius 2 is 1.95 bits per heavy atom. The summed E-state index contributed by atoms with van der Waals surface area (Å²) < 4.78 is 40.7. The normalized spacial score (nSPS) is 18.0. The number of benzene rings is 2. The molecule has 3 N–H and O–H groups in total. The van der Waals surface area contributed by atoms with E-state index in [9.17, 15) is 23.1 Å². The number of sulfonamides is 1. The van der Waals surface area contributed by atoms with E-state index < -0.39 is 28.2 Å². The summed E-state index contributed by atoms with van der Waals surface area (Å²) in [7, 11) is 0.715. The summed E-state index contributed by atoms with van der Waals surface area (Å²) in [6.07, 6.45) is 2.08. The van der Waals surface area contributed by atoms with Crippen LogP contribution >= 0.6 is 0 Å².